The van der Waals surface area contributed by atoms with Crippen molar-refractivity contribution >= 4 is 0 Å². The molecular weight excluding hydrogens is 154 g/mol. The van der Waals surface area contributed by atoms with Crippen LogP contribution in [-0.4, -0.2) is 51.0 Å². The molecule has 0 aromatic carbocycles. The Kier molecular flexibility index (Phi) is 2.35. The molecule has 0 aromatic rings. The van der Waals surface area contributed by atoms with Crippen LogP contribution in [0, 0.1) is 5.41 Å². The van der Waals surface area contributed by atoms with Crippen molar-refractivity contribution in [1.29, 1.82) is 0 Å². The minimum Gasteiger partial charge on any atom is -0.380 e. The molecule has 70 valence electrons. The zero-order chi connectivity index (χ0) is 8.44. The Hall–Kier alpha value is -0.120. The van der Waals surface area contributed by atoms with Crippen LogP contribution in [0.25, 0.3) is 0 Å². The first kappa shape index (κ1) is 8.48. The van der Waals surface area contributed by atoms with Crippen LogP contribution in [0.5, 0.6) is 0 Å². The Labute approximate surface area is 73.6 Å². The van der Waals surface area contributed by atoms with E-state index in [9.17, 15) is 0 Å². The number of ether oxygens (including phenoxy) is 2. The molecule has 2 heterocycles. The van der Waals surface area contributed by atoms with Gasteiger partial charge in [-0.1, -0.05) is 0 Å². The summed E-state index contributed by atoms with van der Waals surface area (Å²) < 4.78 is 10.5. The number of hydrogen-bond acceptors (Lipinski definition) is 3. The van der Waals surface area contributed by atoms with E-state index in [-0.39, 0.29) is 0 Å². The molecule has 0 radical (unpaired) electrons. The van der Waals surface area contributed by atoms with Crippen LogP contribution in [0.15, 0.2) is 0 Å². The molecule has 0 aliphatic carbocycles. The molecule has 0 bridgehead atoms. The maximum Gasteiger partial charge on any atom is 0.0593 e. The Balaban J connectivity index is 1.56. The third kappa shape index (κ3) is 1.49. The van der Waals surface area contributed by atoms with Gasteiger partial charge in [0.05, 0.1) is 19.8 Å². The van der Waals surface area contributed by atoms with Gasteiger partial charge in [0.2, 0.25) is 0 Å². The van der Waals surface area contributed by atoms with Gasteiger partial charge in [-0.25, -0.2) is 0 Å². The Bertz CT molecular complexity index is 149. The lowest BCUT2D eigenvalue weighted by Gasteiger charge is -2.55. The molecule has 3 nitrogen and oxygen atoms in total. The number of rotatable bonds is 4. The predicted molar refractivity (Wildman–Crippen MR) is 46.2 cm³/mol. The molecule has 2 aliphatic rings. The summed E-state index contributed by atoms with van der Waals surface area (Å²) in [4.78, 5) is 2.44. The summed E-state index contributed by atoms with van der Waals surface area (Å²) >= 11 is 0. The van der Waals surface area contributed by atoms with Crippen LogP contribution in [0.2, 0.25) is 0 Å². The second kappa shape index (κ2) is 3.32. The highest BCUT2D eigenvalue weighted by molar-refractivity contribution is 4.99. The second-order valence-corrected chi connectivity index (χ2v) is 3.90. The molecule has 12 heavy (non-hydrogen) atoms. The van der Waals surface area contributed by atoms with Gasteiger partial charge in [0.1, 0.15) is 0 Å². The molecule has 2 fully saturated rings. The van der Waals surface area contributed by atoms with Crippen LogP contribution in [-0.2, 0) is 9.47 Å². The highest BCUT2D eigenvalue weighted by atomic mass is 16.5. The summed E-state index contributed by atoms with van der Waals surface area (Å²) in [6.45, 7) is 9.26. The summed E-state index contributed by atoms with van der Waals surface area (Å²) in [5.41, 5.74) is 0.562. The molecule has 1 spiro atoms. The van der Waals surface area contributed by atoms with Crippen molar-refractivity contribution in [2.75, 3.05) is 46.1 Å². The Morgan fingerprint density at radius 1 is 1.42 bits per heavy atom. The van der Waals surface area contributed by atoms with E-state index in [2.05, 4.69) is 4.90 Å². The standard InChI is InChI=1S/C9H17NO2/c1-2-11-4-3-10-5-9(6-10)7-12-8-9/h2-8H2,1H3. The minimum absolute atomic E-state index is 0.562. The van der Waals surface area contributed by atoms with Crippen LogP contribution >= 0.6 is 0 Å². The van der Waals surface area contributed by atoms with Gasteiger partial charge < -0.3 is 9.47 Å². The van der Waals surface area contributed by atoms with Crippen LogP contribution in [0.3, 0.4) is 0 Å². The van der Waals surface area contributed by atoms with E-state index in [4.69, 9.17) is 9.47 Å². The topological polar surface area (TPSA) is 21.7 Å². The molecule has 0 aromatic heterocycles. The van der Waals surface area contributed by atoms with Crippen molar-refractivity contribution in [3.63, 3.8) is 0 Å². The molecule has 2 aliphatic heterocycles. The van der Waals surface area contributed by atoms with Crippen molar-refractivity contribution in [2.45, 2.75) is 6.92 Å². The first-order chi connectivity index (χ1) is 5.85. The number of likely N-dealkylation sites (tertiary alicyclic amines) is 1. The lowest BCUT2D eigenvalue weighted by molar-refractivity contribution is -0.190. The van der Waals surface area contributed by atoms with E-state index in [0.717, 1.165) is 33.0 Å². The molecule has 0 saturated carbocycles. The van der Waals surface area contributed by atoms with Gasteiger partial charge in [-0.05, 0) is 6.92 Å². The summed E-state index contributed by atoms with van der Waals surface area (Å²) in [7, 11) is 0. The van der Waals surface area contributed by atoms with E-state index < -0.39 is 0 Å². The van der Waals surface area contributed by atoms with E-state index in [1.165, 1.54) is 13.1 Å². The Morgan fingerprint density at radius 3 is 2.67 bits per heavy atom. The highest BCUT2D eigenvalue weighted by Gasteiger charge is 2.48. The van der Waals surface area contributed by atoms with E-state index in [1.54, 1.807) is 0 Å². The summed E-state index contributed by atoms with van der Waals surface area (Å²) in [5, 5.41) is 0. The molecule has 2 saturated heterocycles. The normalized spacial score (nSPS) is 26.8. The molecule has 0 atom stereocenters. The van der Waals surface area contributed by atoms with E-state index in [0.29, 0.717) is 5.41 Å². The first-order valence-corrected chi connectivity index (χ1v) is 4.72. The maximum absolute atomic E-state index is 5.29. The predicted octanol–water partition coefficient (Wildman–Crippen LogP) is 0.355. The third-order valence-corrected chi connectivity index (χ3v) is 2.69. The molecule has 3 heteroatoms. The second-order valence-electron chi connectivity index (χ2n) is 3.90. The lowest BCUT2D eigenvalue weighted by Crippen LogP contribution is -2.66. The largest absolute Gasteiger partial charge is 0.380 e. The molecule has 0 amide bonds. The van der Waals surface area contributed by atoms with Crippen LogP contribution in [0.1, 0.15) is 6.92 Å². The SMILES string of the molecule is CCOCCN1CC2(COC2)C1. The number of hydrogen-bond donors (Lipinski definition) is 0. The van der Waals surface area contributed by atoms with Crippen molar-refractivity contribution in [3.05, 3.63) is 0 Å². The van der Waals surface area contributed by atoms with E-state index >= 15 is 0 Å². The molecule has 2 rings (SSSR count). The van der Waals surface area contributed by atoms with Gasteiger partial charge in [-0.15, -0.1) is 0 Å². The van der Waals surface area contributed by atoms with Crippen LogP contribution < -0.4 is 0 Å². The smallest absolute Gasteiger partial charge is 0.0593 e. The van der Waals surface area contributed by atoms with Crippen molar-refractivity contribution in [1.82, 2.24) is 4.90 Å². The summed E-state index contributed by atoms with van der Waals surface area (Å²) in [6, 6.07) is 0. The quantitative estimate of drug-likeness (QED) is 0.570. The van der Waals surface area contributed by atoms with Crippen molar-refractivity contribution < 1.29 is 9.47 Å². The average Bonchev–Trinajstić information content (AvgIpc) is 1.90. The minimum atomic E-state index is 0.562. The summed E-state index contributed by atoms with van der Waals surface area (Å²) in [6.07, 6.45) is 0. The van der Waals surface area contributed by atoms with Gasteiger partial charge in [0.25, 0.3) is 0 Å². The zero-order valence-corrected chi connectivity index (χ0v) is 7.71. The molecular formula is C9H17NO2. The highest BCUT2D eigenvalue weighted by Crippen LogP contribution is 2.36. The fraction of sp³-hybridized carbons (Fsp3) is 1.00. The van der Waals surface area contributed by atoms with E-state index in [1.807, 2.05) is 6.92 Å². The monoisotopic (exact) mass is 171 g/mol. The number of nitrogens with zero attached hydrogens (tertiary/aromatic N) is 1. The maximum atomic E-state index is 5.29. The lowest BCUT2D eigenvalue weighted by atomic mass is 9.78. The van der Waals surface area contributed by atoms with Gasteiger partial charge in [-0.3, -0.25) is 4.90 Å². The van der Waals surface area contributed by atoms with Gasteiger partial charge in [-0.2, -0.15) is 0 Å². The zero-order valence-electron chi connectivity index (χ0n) is 7.71. The average molecular weight is 171 g/mol. The molecule has 0 unspecified atom stereocenters. The summed E-state index contributed by atoms with van der Waals surface area (Å²) in [5.74, 6) is 0. The van der Waals surface area contributed by atoms with Gasteiger partial charge in [0, 0.05) is 31.7 Å². The fourth-order valence-electron chi connectivity index (χ4n) is 1.97. The fourth-order valence-corrected chi connectivity index (χ4v) is 1.97. The van der Waals surface area contributed by atoms with Gasteiger partial charge in [0.15, 0.2) is 0 Å². The first-order valence-electron chi connectivity index (χ1n) is 4.72. The molecule has 0 N–H and O–H groups in total. The third-order valence-electron chi connectivity index (χ3n) is 2.69. The van der Waals surface area contributed by atoms with Crippen LogP contribution in [0.4, 0.5) is 0 Å². The van der Waals surface area contributed by atoms with Gasteiger partial charge >= 0.3 is 0 Å². The van der Waals surface area contributed by atoms with Crippen molar-refractivity contribution in [2.24, 2.45) is 5.41 Å². The van der Waals surface area contributed by atoms with Crippen molar-refractivity contribution in [3.8, 4) is 0 Å². The Morgan fingerprint density at radius 2 is 2.17 bits per heavy atom.